The molecule has 2 aromatic rings. The molecule has 0 radical (unpaired) electrons. The average molecular weight is 290 g/mol. The summed E-state index contributed by atoms with van der Waals surface area (Å²) in [5, 5.41) is 3.24. The van der Waals surface area contributed by atoms with Crippen molar-refractivity contribution in [2.24, 2.45) is 5.73 Å². The van der Waals surface area contributed by atoms with E-state index < -0.39 is 0 Å². The standard InChI is InChI=1S/C16H22N2OS/c1-10(2)14-9-20-16(18-14)8-13(17)12-5-6-15(19-4)11(3)7-12/h5-7,9-10,13H,8,17H2,1-4H3. The summed E-state index contributed by atoms with van der Waals surface area (Å²) in [5.74, 6) is 1.37. The fraction of sp³-hybridized carbons (Fsp3) is 0.438. The third-order valence-electron chi connectivity index (χ3n) is 3.40. The molecule has 0 saturated carbocycles. The lowest BCUT2D eigenvalue weighted by Crippen LogP contribution is -2.13. The van der Waals surface area contributed by atoms with Crippen LogP contribution in [0.4, 0.5) is 0 Å². The van der Waals surface area contributed by atoms with E-state index in [9.17, 15) is 0 Å². The zero-order chi connectivity index (χ0) is 14.7. The molecule has 0 aliphatic heterocycles. The van der Waals surface area contributed by atoms with Crippen molar-refractivity contribution in [3.05, 3.63) is 45.4 Å². The molecule has 4 heteroatoms. The highest BCUT2D eigenvalue weighted by Crippen LogP contribution is 2.25. The molecule has 1 heterocycles. The highest BCUT2D eigenvalue weighted by atomic mass is 32.1. The fourth-order valence-electron chi connectivity index (χ4n) is 2.12. The number of methoxy groups -OCH3 is 1. The van der Waals surface area contributed by atoms with E-state index in [1.807, 2.05) is 19.1 Å². The van der Waals surface area contributed by atoms with Gasteiger partial charge in [0.15, 0.2) is 0 Å². The zero-order valence-electron chi connectivity index (χ0n) is 12.5. The van der Waals surface area contributed by atoms with Crippen LogP contribution in [0.2, 0.25) is 0 Å². The molecule has 0 aliphatic rings. The Morgan fingerprint density at radius 3 is 2.65 bits per heavy atom. The van der Waals surface area contributed by atoms with E-state index in [-0.39, 0.29) is 6.04 Å². The molecule has 0 aliphatic carbocycles. The van der Waals surface area contributed by atoms with Crippen LogP contribution in [0.3, 0.4) is 0 Å². The fourth-order valence-corrected chi connectivity index (χ4v) is 3.14. The van der Waals surface area contributed by atoms with Gasteiger partial charge in [-0.05, 0) is 30.0 Å². The summed E-state index contributed by atoms with van der Waals surface area (Å²) in [6, 6.07) is 6.09. The number of nitrogens with zero attached hydrogens (tertiary/aromatic N) is 1. The molecule has 2 rings (SSSR count). The molecule has 0 amide bonds. The number of nitrogens with two attached hydrogens (primary N) is 1. The summed E-state index contributed by atoms with van der Waals surface area (Å²) in [6.07, 6.45) is 0.781. The quantitative estimate of drug-likeness (QED) is 0.910. The third-order valence-corrected chi connectivity index (χ3v) is 4.29. The van der Waals surface area contributed by atoms with Crippen LogP contribution >= 0.6 is 11.3 Å². The topological polar surface area (TPSA) is 48.1 Å². The molecule has 108 valence electrons. The van der Waals surface area contributed by atoms with Gasteiger partial charge in [-0.15, -0.1) is 11.3 Å². The Bertz CT molecular complexity index is 578. The lowest BCUT2D eigenvalue weighted by atomic mass is 10.0. The summed E-state index contributed by atoms with van der Waals surface area (Å²) in [4.78, 5) is 4.65. The second-order valence-electron chi connectivity index (χ2n) is 5.36. The van der Waals surface area contributed by atoms with Crippen molar-refractivity contribution < 1.29 is 4.74 Å². The molecule has 1 unspecified atom stereocenters. The molecule has 1 atom stereocenters. The summed E-state index contributed by atoms with van der Waals surface area (Å²) >= 11 is 1.70. The first kappa shape index (κ1) is 15.0. The van der Waals surface area contributed by atoms with Crippen molar-refractivity contribution in [1.29, 1.82) is 0 Å². The van der Waals surface area contributed by atoms with Crippen molar-refractivity contribution in [2.75, 3.05) is 7.11 Å². The SMILES string of the molecule is COc1ccc(C(N)Cc2nc(C(C)C)cs2)cc1C. The van der Waals surface area contributed by atoms with Crippen LogP contribution in [-0.2, 0) is 6.42 Å². The number of thiazole rings is 1. The molecule has 0 fully saturated rings. The molecule has 1 aromatic carbocycles. The van der Waals surface area contributed by atoms with Gasteiger partial charge >= 0.3 is 0 Å². The van der Waals surface area contributed by atoms with Gasteiger partial charge in [0.05, 0.1) is 17.8 Å². The molecular weight excluding hydrogens is 268 g/mol. The van der Waals surface area contributed by atoms with Crippen LogP contribution < -0.4 is 10.5 Å². The second-order valence-corrected chi connectivity index (χ2v) is 6.30. The lowest BCUT2D eigenvalue weighted by molar-refractivity contribution is 0.411. The van der Waals surface area contributed by atoms with Crippen LogP contribution in [0, 0.1) is 6.92 Å². The van der Waals surface area contributed by atoms with Gasteiger partial charge in [-0.3, -0.25) is 0 Å². The monoisotopic (exact) mass is 290 g/mol. The van der Waals surface area contributed by atoms with E-state index in [0.717, 1.165) is 34.0 Å². The predicted molar refractivity (Wildman–Crippen MR) is 84.6 cm³/mol. The van der Waals surface area contributed by atoms with Crippen LogP contribution in [-0.4, -0.2) is 12.1 Å². The summed E-state index contributed by atoms with van der Waals surface area (Å²) in [6.45, 7) is 6.35. The summed E-state index contributed by atoms with van der Waals surface area (Å²) in [5.41, 5.74) is 9.70. The molecular formula is C16H22N2OS. The first-order valence-corrected chi connectivity index (χ1v) is 7.73. The Labute approximate surface area is 124 Å². The van der Waals surface area contributed by atoms with Crippen molar-refractivity contribution in [3.63, 3.8) is 0 Å². The maximum Gasteiger partial charge on any atom is 0.121 e. The average Bonchev–Trinajstić information content (AvgIpc) is 2.87. The Kier molecular flexibility index (Phi) is 4.78. The van der Waals surface area contributed by atoms with Gasteiger partial charge in [-0.1, -0.05) is 26.0 Å². The number of rotatable bonds is 5. The highest BCUT2D eigenvalue weighted by molar-refractivity contribution is 7.09. The van der Waals surface area contributed by atoms with E-state index >= 15 is 0 Å². The van der Waals surface area contributed by atoms with Crippen LogP contribution in [0.15, 0.2) is 23.6 Å². The van der Waals surface area contributed by atoms with Gasteiger partial charge < -0.3 is 10.5 Å². The third kappa shape index (κ3) is 3.38. The predicted octanol–water partition coefficient (Wildman–Crippen LogP) is 3.83. The first-order valence-electron chi connectivity index (χ1n) is 6.85. The van der Waals surface area contributed by atoms with E-state index in [2.05, 4.69) is 30.3 Å². The minimum absolute atomic E-state index is 0.0224. The summed E-state index contributed by atoms with van der Waals surface area (Å²) in [7, 11) is 1.69. The molecule has 3 nitrogen and oxygen atoms in total. The van der Waals surface area contributed by atoms with E-state index in [0.29, 0.717) is 5.92 Å². The number of ether oxygens (including phenoxy) is 1. The largest absolute Gasteiger partial charge is 0.496 e. The Morgan fingerprint density at radius 2 is 2.10 bits per heavy atom. The van der Waals surface area contributed by atoms with Crippen molar-refractivity contribution >= 4 is 11.3 Å². The zero-order valence-corrected chi connectivity index (χ0v) is 13.3. The van der Waals surface area contributed by atoms with Gasteiger partial charge in [-0.25, -0.2) is 4.98 Å². The normalized spacial score (nSPS) is 12.7. The first-order chi connectivity index (χ1) is 9.51. The van der Waals surface area contributed by atoms with Gasteiger partial charge in [-0.2, -0.15) is 0 Å². The van der Waals surface area contributed by atoms with Crippen LogP contribution in [0.5, 0.6) is 5.75 Å². The number of hydrogen-bond donors (Lipinski definition) is 1. The highest BCUT2D eigenvalue weighted by Gasteiger charge is 2.12. The molecule has 1 aromatic heterocycles. The second kappa shape index (κ2) is 6.37. The minimum Gasteiger partial charge on any atom is -0.496 e. The number of aromatic nitrogens is 1. The van der Waals surface area contributed by atoms with Gasteiger partial charge in [0.25, 0.3) is 0 Å². The molecule has 2 N–H and O–H groups in total. The maximum atomic E-state index is 6.30. The minimum atomic E-state index is -0.0224. The molecule has 20 heavy (non-hydrogen) atoms. The van der Waals surface area contributed by atoms with Crippen molar-refractivity contribution in [3.8, 4) is 5.75 Å². The molecule has 0 saturated heterocycles. The number of hydrogen-bond acceptors (Lipinski definition) is 4. The van der Waals surface area contributed by atoms with Gasteiger partial charge in [0.1, 0.15) is 5.75 Å². The molecule has 0 bridgehead atoms. The van der Waals surface area contributed by atoms with Crippen LogP contribution in [0.25, 0.3) is 0 Å². The maximum absolute atomic E-state index is 6.30. The lowest BCUT2D eigenvalue weighted by Gasteiger charge is -2.13. The van der Waals surface area contributed by atoms with E-state index in [1.165, 1.54) is 0 Å². The van der Waals surface area contributed by atoms with Crippen molar-refractivity contribution in [2.45, 2.75) is 39.2 Å². The van der Waals surface area contributed by atoms with Crippen LogP contribution in [0.1, 0.15) is 47.6 Å². The van der Waals surface area contributed by atoms with Crippen molar-refractivity contribution in [1.82, 2.24) is 4.98 Å². The van der Waals surface area contributed by atoms with E-state index in [1.54, 1.807) is 18.4 Å². The Hall–Kier alpha value is -1.39. The molecule has 0 spiro atoms. The Balaban J connectivity index is 2.10. The summed E-state index contributed by atoms with van der Waals surface area (Å²) < 4.78 is 5.28. The number of aryl methyl sites for hydroxylation is 1. The smallest absolute Gasteiger partial charge is 0.121 e. The van der Waals surface area contributed by atoms with Gasteiger partial charge in [0.2, 0.25) is 0 Å². The Morgan fingerprint density at radius 1 is 1.35 bits per heavy atom. The number of benzene rings is 1. The van der Waals surface area contributed by atoms with Gasteiger partial charge in [0, 0.05) is 17.8 Å². The van der Waals surface area contributed by atoms with E-state index in [4.69, 9.17) is 10.5 Å².